The first-order valence-electron chi connectivity index (χ1n) is 7.35. The summed E-state index contributed by atoms with van der Waals surface area (Å²) >= 11 is 0. The third-order valence-corrected chi connectivity index (χ3v) is 4.20. The second-order valence-corrected chi connectivity index (χ2v) is 5.46. The number of rotatable bonds is 3. The van der Waals surface area contributed by atoms with Gasteiger partial charge in [0.1, 0.15) is 6.07 Å². The van der Waals surface area contributed by atoms with Crippen molar-refractivity contribution in [2.75, 3.05) is 0 Å². The van der Waals surface area contributed by atoms with Gasteiger partial charge in [-0.2, -0.15) is 5.26 Å². The molecule has 0 spiro atoms. The maximum Gasteiger partial charge on any atom is 0.102 e. The van der Waals surface area contributed by atoms with E-state index >= 15 is 0 Å². The fourth-order valence-electron chi connectivity index (χ4n) is 2.69. The Balaban J connectivity index is 2.10. The monoisotopic (exact) mass is 274 g/mol. The van der Waals surface area contributed by atoms with Crippen molar-refractivity contribution in [3.63, 3.8) is 0 Å². The van der Waals surface area contributed by atoms with Gasteiger partial charge in [-0.25, -0.2) is 0 Å². The standard InChI is InChI=1S/C19H18N2/c1-3-13(2)14-8-10-15(11-9-14)19-17(12-20)16-6-4-5-7-18(16)21-19/h4-11,13,21H,3H2,1-2H3. The van der Waals surface area contributed by atoms with Crippen LogP contribution in [-0.2, 0) is 0 Å². The van der Waals surface area contributed by atoms with Crippen LogP contribution in [0.25, 0.3) is 22.2 Å². The molecule has 1 unspecified atom stereocenters. The Labute approximate surface area is 125 Å². The van der Waals surface area contributed by atoms with Crippen LogP contribution in [0.15, 0.2) is 48.5 Å². The van der Waals surface area contributed by atoms with Crippen molar-refractivity contribution in [1.82, 2.24) is 4.98 Å². The zero-order valence-corrected chi connectivity index (χ0v) is 12.4. The van der Waals surface area contributed by atoms with E-state index in [0.29, 0.717) is 5.92 Å². The third kappa shape index (κ3) is 2.32. The van der Waals surface area contributed by atoms with E-state index in [-0.39, 0.29) is 0 Å². The summed E-state index contributed by atoms with van der Waals surface area (Å²) < 4.78 is 0. The first-order chi connectivity index (χ1) is 10.2. The summed E-state index contributed by atoms with van der Waals surface area (Å²) in [5.74, 6) is 0.567. The fraction of sp³-hybridized carbons (Fsp3) is 0.211. The highest BCUT2D eigenvalue weighted by molar-refractivity contribution is 5.93. The highest BCUT2D eigenvalue weighted by atomic mass is 14.7. The topological polar surface area (TPSA) is 39.6 Å². The van der Waals surface area contributed by atoms with E-state index < -0.39 is 0 Å². The minimum absolute atomic E-state index is 0.567. The number of hydrogen-bond donors (Lipinski definition) is 1. The lowest BCUT2D eigenvalue weighted by Gasteiger charge is -2.09. The maximum absolute atomic E-state index is 9.48. The van der Waals surface area contributed by atoms with Crippen molar-refractivity contribution in [1.29, 1.82) is 5.26 Å². The largest absolute Gasteiger partial charge is 0.353 e. The Morgan fingerprint density at radius 3 is 2.48 bits per heavy atom. The lowest BCUT2D eigenvalue weighted by Crippen LogP contribution is -1.91. The van der Waals surface area contributed by atoms with E-state index in [1.165, 1.54) is 5.56 Å². The molecule has 1 aromatic heterocycles. The zero-order chi connectivity index (χ0) is 14.8. The van der Waals surface area contributed by atoms with Crippen LogP contribution < -0.4 is 0 Å². The van der Waals surface area contributed by atoms with E-state index in [1.54, 1.807) is 0 Å². The molecule has 104 valence electrons. The van der Waals surface area contributed by atoms with E-state index in [9.17, 15) is 5.26 Å². The average molecular weight is 274 g/mol. The lowest BCUT2D eigenvalue weighted by molar-refractivity contribution is 0.734. The van der Waals surface area contributed by atoms with E-state index in [0.717, 1.165) is 34.1 Å². The van der Waals surface area contributed by atoms with Crippen LogP contribution in [-0.4, -0.2) is 4.98 Å². The quantitative estimate of drug-likeness (QED) is 0.698. The zero-order valence-electron chi connectivity index (χ0n) is 12.4. The Kier molecular flexibility index (Phi) is 3.50. The number of fused-ring (bicyclic) bond motifs is 1. The van der Waals surface area contributed by atoms with Gasteiger partial charge in [0.2, 0.25) is 0 Å². The highest BCUT2D eigenvalue weighted by Gasteiger charge is 2.12. The van der Waals surface area contributed by atoms with Crippen molar-refractivity contribution in [2.45, 2.75) is 26.2 Å². The van der Waals surface area contributed by atoms with Crippen LogP contribution in [0.1, 0.15) is 37.3 Å². The van der Waals surface area contributed by atoms with Gasteiger partial charge >= 0.3 is 0 Å². The molecule has 0 amide bonds. The number of hydrogen-bond acceptors (Lipinski definition) is 1. The summed E-state index contributed by atoms with van der Waals surface area (Å²) in [6.07, 6.45) is 1.13. The number of benzene rings is 2. The van der Waals surface area contributed by atoms with E-state index in [2.05, 4.69) is 49.2 Å². The fourth-order valence-corrected chi connectivity index (χ4v) is 2.69. The molecule has 0 radical (unpaired) electrons. The van der Waals surface area contributed by atoms with Gasteiger partial charge in [-0.1, -0.05) is 56.3 Å². The highest BCUT2D eigenvalue weighted by Crippen LogP contribution is 2.30. The lowest BCUT2D eigenvalue weighted by atomic mass is 9.96. The van der Waals surface area contributed by atoms with Gasteiger partial charge in [-0.15, -0.1) is 0 Å². The van der Waals surface area contributed by atoms with Gasteiger partial charge in [0.05, 0.1) is 11.3 Å². The molecular formula is C19H18N2. The third-order valence-electron chi connectivity index (χ3n) is 4.20. The molecular weight excluding hydrogens is 256 g/mol. The van der Waals surface area contributed by atoms with Gasteiger partial charge < -0.3 is 4.98 Å². The molecule has 2 heteroatoms. The minimum atomic E-state index is 0.567. The number of nitriles is 1. The molecule has 0 aliphatic carbocycles. The van der Waals surface area contributed by atoms with Crippen molar-refractivity contribution >= 4 is 10.9 Å². The van der Waals surface area contributed by atoms with Crippen LogP contribution in [0, 0.1) is 11.3 Å². The molecule has 1 atom stereocenters. The van der Waals surface area contributed by atoms with Crippen molar-refractivity contribution in [3.05, 3.63) is 59.7 Å². The van der Waals surface area contributed by atoms with Crippen LogP contribution >= 0.6 is 0 Å². The number of para-hydroxylation sites is 1. The molecule has 2 nitrogen and oxygen atoms in total. The molecule has 0 aliphatic heterocycles. The van der Waals surface area contributed by atoms with Gasteiger partial charge in [-0.3, -0.25) is 0 Å². The summed E-state index contributed by atoms with van der Waals surface area (Å²) in [6.45, 7) is 4.43. The van der Waals surface area contributed by atoms with Crippen molar-refractivity contribution in [2.24, 2.45) is 0 Å². The molecule has 1 N–H and O–H groups in total. The summed E-state index contributed by atoms with van der Waals surface area (Å²) in [7, 11) is 0. The molecule has 1 heterocycles. The summed E-state index contributed by atoms with van der Waals surface area (Å²) in [6, 6.07) is 18.8. The van der Waals surface area contributed by atoms with Crippen LogP contribution in [0.4, 0.5) is 0 Å². The first kappa shape index (κ1) is 13.5. The molecule has 0 saturated carbocycles. The van der Waals surface area contributed by atoms with Crippen molar-refractivity contribution in [3.8, 4) is 17.3 Å². The molecule has 0 fully saturated rings. The minimum Gasteiger partial charge on any atom is -0.353 e. The van der Waals surface area contributed by atoms with Crippen molar-refractivity contribution < 1.29 is 0 Å². The van der Waals surface area contributed by atoms with Crippen LogP contribution in [0.2, 0.25) is 0 Å². The molecule has 2 aromatic carbocycles. The van der Waals surface area contributed by atoms with E-state index in [4.69, 9.17) is 0 Å². The molecule has 21 heavy (non-hydrogen) atoms. The van der Waals surface area contributed by atoms with Gasteiger partial charge in [0.25, 0.3) is 0 Å². The average Bonchev–Trinajstić information content (AvgIpc) is 2.92. The Morgan fingerprint density at radius 2 is 1.81 bits per heavy atom. The molecule has 0 aliphatic rings. The predicted molar refractivity (Wildman–Crippen MR) is 87.2 cm³/mol. The maximum atomic E-state index is 9.48. The molecule has 0 saturated heterocycles. The normalized spacial score (nSPS) is 12.2. The molecule has 0 bridgehead atoms. The number of nitrogens with zero attached hydrogens (tertiary/aromatic N) is 1. The summed E-state index contributed by atoms with van der Waals surface area (Å²) in [5, 5.41) is 10.5. The Bertz CT molecular complexity index is 804. The van der Waals surface area contributed by atoms with Crippen LogP contribution in [0.5, 0.6) is 0 Å². The van der Waals surface area contributed by atoms with Gasteiger partial charge in [-0.05, 0) is 29.5 Å². The first-order valence-corrected chi connectivity index (χ1v) is 7.35. The van der Waals surface area contributed by atoms with Gasteiger partial charge in [0.15, 0.2) is 0 Å². The number of aromatic nitrogens is 1. The van der Waals surface area contributed by atoms with Crippen LogP contribution in [0.3, 0.4) is 0 Å². The Hall–Kier alpha value is -2.53. The second-order valence-electron chi connectivity index (χ2n) is 5.46. The SMILES string of the molecule is CCC(C)c1ccc(-c2[nH]c3ccccc3c2C#N)cc1. The second kappa shape index (κ2) is 5.46. The molecule has 3 rings (SSSR count). The Morgan fingerprint density at radius 1 is 1.10 bits per heavy atom. The number of nitrogens with one attached hydrogen (secondary N) is 1. The molecule has 3 aromatic rings. The summed E-state index contributed by atoms with van der Waals surface area (Å²) in [4.78, 5) is 3.37. The number of H-pyrrole nitrogens is 1. The predicted octanol–water partition coefficient (Wildman–Crippen LogP) is 5.22. The smallest absolute Gasteiger partial charge is 0.102 e. The van der Waals surface area contributed by atoms with E-state index in [1.807, 2.05) is 24.3 Å². The summed E-state index contributed by atoms with van der Waals surface area (Å²) in [5.41, 5.74) is 5.05. The number of aromatic amines is 1. The van der Waals surface area contributed by atoms with Gasteiger partial charge in [0, 0.05) is 10.9 Å².